The van der Waals surface area contributed by atoms with Crippen molar-refractivity contribution in [3.63, 3.8) is 0 Å². The second kappa shape index (κ2) is 8.58. The Hall–Kier alpha value is -2.70. The maximum atomic E-state index is 12.9. The monoisotopic (exact) mass is 412 g/mol. The molecule has 0 spiro atoms. The van der Waals surface area contributed by atoms with Crippen molar-refractivity contribution in [2.75, 3.05) is 24.6 Å². The molecular formula is C23H28N2O5. The molecule has 3 aliphatic rings. The normalized spacial score (nSPS) is 26.5. The molecule has 1 aromatic rings. The third-order valence-electron chi connectivity index (χ3n) is 6.54. The number of ether oxygens (including phenoxy) is 1. The average molecular weight is 412 g/mol. The third-order valence-corrected chi connectivity index (χ3v) is 6.54. The number of anilines is 1. The zero-order valence-electron chi connectivity index (χ0n) is 17.3. The lowest BCUT2D eigenvalue weighted by Gasteiger charge is -2.31. The number of carbonyl (C=O) groups is 4. The molecule has 160 valence electrons. The van der Waals surface area contributed by atoms with Crippen LogP contribution in [0.1, 0.15) is 55.8 Å². The van der Waals surface area contributed by atoms with Crippen molar-refractivity contribution < 1.29 is 23.9 Å². The van der Waals surface area contributed by atoms with Crippen LogP contribution in [0.15, 0.2) is 24.3 Å². The summed E-state index contributed by atoms with van der Waals surface area (Å²) in [5, 5.41) is 0. The van der Waals surface area contributed by atoms with Crippen molar-refractivity contribution in [1.29, 1.82) is 0 Å². The highest BCUT2D eigenvalue weighted by Crippen LogP contribution is 2.40. The number of likely N-dealkylation sites (tertiary alicyclic amines) is 1. The summed E-state index contributed by atoms with van der Waals surface area (Å²) in [6.07, 6.45) is 5.02. The van der Waals surface area contributed by atoms with Gasteiger partial charge >= 0.3 is 5.97 Å². The molecule has 2 aliphatic heterocycles. The topological polar surface area (TPSA) is 84.0 Å². The van der Waals surface area contributed by atoms with Crippen molar-refractivity contribution in [2.45, 2.75) is 45.4 Å². The van der Waals surface area contributed by atoms with Crippen LogP contribution >= 0.6 is 0 Å². The average Bonchev–Trinajstić information content (AvgIpc) is 3.04. The highest BCUT2D eigenvalue weighted by atomic mass is 16.5. The molecular weight excluding hydrogens is 384 g/mol. The number of esters is 1. The standard InChI is InChI=1S/C23H28N2O5/c1-2-30-23(29)16-6-5-13-24(14-16)20(26)15-9-11-17(12-10-15)25-21(27)18-7-3-4-8-19(18)22(25)28/h9-12,16,18-19H,2-8,13-14H2,1H3/t16-,18+,19+/m1/s1. The van der Waals surface area contributed by atoms with Crippen LogP contribution in [-0.2, 0) is 19.1 Å². The van der Waals surface area contributed by atoms with Crippen molar-refractivity contribution in [3.05, 3.63) is 29.8 Å². The van der Waals surface area contributed by atoms with Crippen LogP contribution in [-0.4, -0.2) is 48.3 Å². The number of fused-ring (bicyclic) bond motifs is 1. The molecule has 30 heavy (non-hydrogen) atoms. The second-order valence-electron chi connectivity index (χ2n) is 8.40. The largest absolute Gasteiger partial charge is 0.466 e. The highest BCUT2D eigenvalue weighted by Gasteiger charge is 2.48. The molecule has 3 atom stereocenters. The van der Waals surface area contributed by atoms with Gasteiger partial charge in [-0.25, -0.2) is 0 Å². The molecule has 0 unspecified atom stereocenters. The summed E-state index contributed by atoms with van der Waals surface area (Å²) >= 11 is 0. The number of benzene rings is 1. The predicted octanol–water partition coefficient (Wildman–Crippen LogP) is 2.78. The molecule has 0 aromatic heterocycles. The van der Waals surface area contributed by atoms with Gasteiger partial charge in [-0.3, -0.25) is 24.1 Å². The first-order valence-electron chi connectivity index (χ1n) is 10.9. The summed E-state index contributed by atoms with van der Waals surface area (Å²) in [5.74, 6) is -1.30. The zero-order chi connectivity index (χ0) is 21.3. The maximum Gasteiger partial charge on any atom is 0.310 e. The molecule has 3 fully saturated rings. The Bertz CT molecular complexity index is 826. The van der Waals surface area contributed by atoms with Gasteiger partial charge in [-0.2, -0.15) is 0 Å². The quantitative estimate of drug-likeness (QED) is 0.561. The minimum Gasteiger partial charge on any atom is -0.466 e. The third kappa shape index (κ3) is 3.73. The minimum absolute atomic E-state index is 0.114. The Morgan fingerprint density at radius 3 is 2.20 bits per heavy atom. The molecule has 2 heterocycles. The summed E-state index contributed by atoms with van der Waals surface area (Å²) in [4.78, 5) is 53.4. The van der Waals surface area contributed by atoms with E-state index in [0.29, 0.717) is 30.9 Å². The molecule has 7 heteroatoms. The predicted molar refractivity (Wildman–Crippen MR) is 110 cm³/mol. The van der Waals surface area contributed by atoms with Gasteiger partial charge in [0.1, 0.15) is 0 Å². The molecule has 0 radical (unpaired) electrons. The Labute approximate surface area is 176 Å². The SMILES string of the molecule is CCOC(=O)[C@@H]1CCCN(C(=O)c2ccc(N3C(=O)[C@H]4CCCC[C@@H]4C3=O)cc2)C1. The highest BCUT2D eigenvalue weighted by molar-refractivity contribution is 6.22. The molecule has 2 saturated heterocycles. The number of rotatable bonds is 4. The summed E-state index contributed by atoms with van der Waals surface area (Å²) < 4.78 is 5.10. The molecule has 3 amide bonds. The van der Waals surface area contributed by atoms with E-state index in [4.69, 9.17) is 4.74 Å². The van der Waals surface area contributed by atoms with Gasteiger partial charge in [-0.05, 0) is 56.9 Å². The fourth-order valence-corrected chi connectivity index (χ4v) is 4.97. The molecule has 0 bridgehead atoms. The van der Waals surface area contributed by atoms with Gasteiger partial charge in [0.25, 0.3) is 5.91 Å². The number of amides is 3. The summed E-state index contributed by atoms with van der Waals surface area (Å²) in [7, 11) is 0. The van der Waals surface area contributed by atoms with Crippen LogP contribution < -0.4 is 4.90 Å². The molecule has 7 nitrogen and oxygen atoms in total. The van der Waals surface area contributed by atoms with Crippen LogP contribution in [0.5, 0.6) is 0 Å². The number of carbonyl (C=O) groups excluding carboxylic acids is 4. The van der Waals surface area contributed by atoms with Gasteiger partial charge in [0.05, 0.1) is 30.0 Å². The lowest BCUT2D eigenvalue weighted by molar-refractivity contribution is -0.149. The Kier molecular flexibility index (Phi) is 5.88. The van der Waals surface area contributed by atoms with E-state index in [-0.39, 0.29) is 41.4 Å². The second-order valence-corrected chi connectivity index (χ2v) is 8.40. The van der Waals surface area contributed by atoms with Crippen molar-refractivity contribution in [2.24, 2.45) is 17.8 Å². The number of hydrogen-bond donors (Lipinski definition) is 0. The number of hydrogen-bond acceptors (Lipinski definition) is 5. The summed E-state index contributed by atoms with van der Waals surface area (Å²) in [6.45, 7) is 3.06. The van der Waals surface area contributed by atoms with Gasteiger partial charge < -0.3 is 9.64 Å². The van der Waals surface area contributed by atoms with E-state index < -0.39 is 0 Å². The van der Waals surface area contributed by atoms with Crippen molar-refractivity contribution in [1.82, 2.24) is 4.90 Å². The zero-order valence-corrected chi connectivity index (χ0v) is 17.3. The van der Waals surface area contributed by atoms with Crippen molar-refractivity contribution in [3.8, 4) is 0 Å². The van der Waals surface area contributed by atoms with Crippen molar-refractivity contribution >= 4 is 29.4 Å². The molecule has 1 aromatic carbocycles. The fraction of sp³-hybridized carbons (Fsp3) is 0.565. The van der Waals surface area contributed by atoms with Crippen LogP contribution in [0, 0.1) is 17.8 Å². The number of imide groups is 1. The maximum absolute atomic E-state index is 12.9. The number of piperidine rings is 1. The lowest BCUT2D eigenvalue weighted by atomic mass is 9.81. The summed E-state index contributed by atoms with van der Waals surface area (Å²) in [6, 6.07) is 6.67. The van der Waals surface area contributed by atoms with E-state index in [1.54, 1.807) is 36.1 Å². The molecule has 1 aliphatic carbocycles. The van der Waals surface area contributed by atoms with E-state index >= 15 is 0 Å². The number of nitrogens with zero attached hydrogens (tertiary/aromatic N) is 2. The van der Waals surface area contributed by atoms with Crippen LogP contribution in [0.2, 0.25) is 0 Å². The Balaban J connectivity index is 1.46. The summed E-state index contributed by atoms with van der Waals surface area (Å²) in [5.41, 5.74) is 1.01. The first kappa shape index (κ1) is 20.6. The fourth-order valence-electron chi connectivity index (χ4n) is 4.97. The van der Waals surface area contributed by atoms with Gasteiger partial charge in [0.15, 0.2) is 0 Å². The van der Waals surface area contributed by atoms with Gasteiger partial charge in [0, 0.05) is 18.7 Å². The molecule has 1 saturated carbocycles. The molecule has 4 rings (SSSR count). The Morgan fingerprint density at radius 1 is 0.967 bits per heavy atom. The van der Waals surface area contributed by atoms with Gasteiger partial charge in [0.2, 0.25) is 11.8 Å². The smallest absolute Gasteiger partial charge is 0.310 e. The van der Waals surface area contributed by atoms with Gasteiger partial charge in [-0.1, -0.05) is 12.8 Å². The van der Waals surface area contributed by atoms with Crippen LogP contribution in [0.4, 0.5) is 5.69 Å². The van der Waals surface area contributed by atoms with E-state index in [2.05, 4.69) is 0 Å². The van der Waals surface area contributed by atoms with Gasteiger partial charge in [-0.15, -0.1) is 0 Å². The lowest BCUT2D eigenvalue weighted by Crippen LogP contribution is -2.42. The van der Waals surface area contributed by atoms with Crippen LogP contribution in [0.3, 0.4) is 0 Å². The Morgan fingerprint density at radius 2 is 1.60 bits per heavy atom. The van der Waals surface area contributed by atoms with E-state index in [9.17, 15) is 19.2 Å². The first-order valence-corrected chi connectivity index (χ1v) is 10.9. The first-order chi connectivity index (χ1) is 14.5. The van der Waals surface area contributed by atoms with E-state index in [1.807, 2.05) is 0 Å². The van der Waals surface area contributed by atoms with E-state index in [0.717, 1.165) is 38.5 Å². The van der Waals surface area contributed by atoms with Crippen LogP contribution in [0.25, 0.3) is 0 Å². The van der Waals surface area contributed by atoms with E-state index in [1.165, 1.54) is 4.90 Å². The minimum atomic E-state index is -0.287. The molecule has 0 N–H and O–H groups in total.